The summed E-state index contributed by atoms with van der Waals surface area (Å²) in [5, 5.41) is 2.49. The van der Waals surface area contributed by atoms with Crippen LogP contribution in [0.15, 0.2) is 12.2 Å². The Morgan fingerprint density at radius 2 is 1.69 bits per heavy atom. The van der Waals surface area contributed by atoms with Crippen LogP contribution in [0.4, 0.5) is 4.79 Å². The maximum absolute atomic E-state index is 12.5. The van der Waals surface area contributed by atoms with Gasteiger partial charge in [-0.25, -0.2) is 9.59 Å². The lowest BCUT2D eigenvalue weighted by Gasteiger charge is -2.24. The zero-order valence-electron chi connectivity index (χ0n) is 14.6. The number of urea groups is 1. The number of rotatable bonds is 4. The van der Waals surface area contributed by atoms with E-state index in [9.17, 15) is 24.0 Å². The minimum absolute atomic E-state index is 0.203. The lowest BCUT2D eigenvalue weighted by Crippen LogP contribution is -2.47. The molecule has 9 heteroatoms. The van der Waals surface area contributed by atoms with Gasteiger partial charge < -0.3 is 10.1 Å². The number of imide groups is 2. The van der Waals surface area contributed by atoms with E-state index in [0.29, 0.717) is 19.4 Å². The maximum atomic E-state index is 12.5. The molecule has 9 nitrogen and oxygen atoms in total. The fourth-order valence-corrected chi connectivity index (χ4v) is 3.54. The number of hydrogen-bond donors (Lipinski definition) is 1. The molecule has 0 aromatic heterocycles. The predicted octanol–water partition coefficient (Wildman–Crippen LogP) is -0.190. The van der Waals surface area contributed by atoms with Crippen LogP contribution < -0.4 is 5.32 Å². The average Bonchev–Trinajstić information content (AvgIpc) is 3.16. The number of nitrogens with zero attached hydrogens (tertiary/aromatic N) is 2. The van der Waals surface area contributed by atoms with Gasteiger partial charge in [0, 0.05) is 13.1 Å². The quantitative estimate of drug-likeness (QED) is 0.421. The molecular formula is C17H21N3O6. The number of esters is 1. The first-order chi connectivity index (χ1) is 12.3. The summed E-state index contributed by atoms with van der Waals surface area (Å²) in [5.41, 5.74) is 0. The zero-order chi connectivity index (χ0) is 19.0. The highest BCUT2D eigenvalue weighted by Crippen LogP contribution is 2.36. The molecule has 1 aliphatic carbocycles. The van der Waals surface area contributed by atoms with Crippen molar-refractivity contribution < 1.29 is 28.7 Å². The molecule has 4 atom stereocenters. The Kier molecular flexibility index (Phi) is 4.80. The molecule has 0 spiro atoms. The Hall–Kier alpha value is -2.71. The summed E-state index contributed by atoms with van der Waals surface area (Å²) >= 11 is 0. The molecule has 3 rings (SSSR count). The highest BCUT2D eigenvalue weighted by atomic mass is 16.5. The monoisotopic (exact) mass is 363 g/mol. The van der Waals surface area contributed by atoms with Gasteiger partial charge in [-0.3, -0.25) is 24.2 Å². The topological polar surface area (TPSA) is 113 Å². The average molecular weight is 363 g/mol. The van der Waals surface area contributed by atoms with E-state index in [-0.39, 0.29) is 18.4 Å². The van der Waals surface area contributed by atoms with Gasteiger partial charge in [0.05, 0.1) is 11.8 Å². The van der Waals surface area contributed by atoms with Gasteiger partial charge in [0.25, 0.3) is 5.91 Å². The number of hydrogen-bond acceptors (Lipinski definition) is 6. The molecule has 0 radical (unpaired) electrons. The van der Waals surface area contributed by atoms with Crippen molar-refractivity contribution in [3.63, 3.8) is 0 Å². The van der Waals surface area contributed by atoms with Crippen molar-refractivity contribution >= 4 is 29.7 Å². The van der Waals surface area contributed by atoms with Crippen LogP contribution in [0.25, 0.3) is 0 Å². The summed E-state index contributed by atoms with van der Waals surface area (Å²) in [4.78, 5) is 63.0. The van der Waals surface area contributed by atoms with Crippen LogP contribution in [-0.2, 0) is 23.9 Å². The second-order valence-electron chi connectivity index (χ2n) is 6.68. The van der Waals surface area contributed by atoms with Crippen LogP contribution in [0.3, 0.4) is 0 Å². The number of likely N-dealkylation sites (tertiary alicyclic amines) is 1. The Labute approximate surface area is 150 Å². The highest BCUT2D eigenvalue weighted by Gasteiger charge is 2.50. The Balaban J connectivity index is 1.64. The molecule has 2 saturated heterocycles. The van der Waals surface area contributed by atoms with Crippen molar-refractivity contribution in [2.75, 3.05) is 13.1 Å². The summed E-state index contributed by atoms with van der Waals surface area (Å²) in [5.74, 6) is -3.13. The van der Waals surface area contributed by atoms with E-state index in [1.165, 1.54) is 13.8 Å². The molecule has 0 saturated carbocycles. The van der Waals surface area contributed by atoms with E-state index in [4.69, 9.17) is 4.74 Å². The molecule has 140 valence electrons. The number of nitrogens with one attached hydrogen (secondary N) is 1. The van der Waals surface area contributed by atoms with Crippen LogP contribution in [0.1, 0.15) is 26.7 Å². The summed E-state index contributed by atoms with van der Waals surface area (Å²) in [6.45, 7) is 3.31. The number of carbonyl (C=O) groups excluding carboxylic acids is 5. The van der Waals surface area contributed by atoms with Crippen LogP contribution >= 0.6 is 0 Å². The SMILES string of the molecule is C[C@H](OC(=O)[C@H](C)N1C(=O)[C@H]2CC=CC[C@@H]2C1=O)C(=O)N1CCNC1=O. The van der Waals surface area contributed by atoms with E-state index in [0.717, 1.165) is 9.80 Å². The second-order valence-corrected chi connectivity index (χ2v) is 6.68. The van der Waals surface area contributed by atoms with Crippen molar-refractivity contribution in [1.82, 2.24) is 15.1 Å². The van der Waals surface area contributed by atoms with E-state index < -0.39 is 41.9 Å². The lowest BCUT2D eigenvalue weighted by atomic mass is 9.85. The summed E-state index contributed by atoms with van der Waals surface area (Å²) in [6, 6.07) is -1.66. The molecule has 0 unspecified atom stereocenters. The Morgan fingerprint density at radius 3 is 2.19 bits per heavy atom. The third-order valence-electron chi connectivity index (χ3n) is 5.03. The number of carbonyl (C=O) groups is 5. The normalized spacial score (nSPS) is 27.2. The molecule has 1 N–H and O–H groups in total. The third kappa shape index (κ3) is 2.97. The van der Waals surface area contributed by atoms with Gasteiger partial charge in [0.15, 0.2) is 6.10 Å². The maximum Gasteiger partial charge on any atom is 0.329 e. The molecule has 26 heavy (non-hydrogen) atoms. The van der Waals surface area contributed by atoms with E-state index >= 15 is 0 Å². The molecule has 2 aliphatic heterocycles. The second kappa shape index (κ2) is 6.89. The van der Waals surface area contributed by atoms with Gasteiger partial charge in [0.2, 0.25) is 11.8 Å². The molecule has 2 fully saturated rings. The van der Waals surface area contributed by atoms with Crippen LogP contribution in [-0.4, -0.2) is 64.8 Å². The van der Waals surface area contributed by atoms with Crippen molar-refractivity contribution in [1.29, 1.82) is 0 Å². The number of ether oxygens (including phenoxy) is 1. The Morgan fingerprint density at radius 1 is 1.12 bits per heavy atom. The molecule has 0 aromatic carbocycles. The largest absolute Gasteiger partial charge is 0.451 e. The molecule has 0 aromatic rings. The van der Waals surface area contributed by atoms with E-state index in [2.05, 4.69) is 5.32 Å². The number of allylic oxidation sites excluding steroid dienone is 2. The first-order valence-electron chi connectivity index (χ1n) is 8.64. The van der Waals surface area contributed by atoms with Crippen molar-refractivity contribution in [2.45, 2.75) is 38.8 Å². The fraction of sp³-hybridized carbons (Fsp3) is 0.588. The zero-order valence-corrected chi connectivity index (χ0v) is 14.6. The van der Waals surface area contributed by atoms with E-state index in [1.807, 2.05) is 12.2 Å². The molecule has 0 bridgehead atoms. The smallest absolute Gasteiger partial charge is 0.329 e. The predicted molar refractivity (Wildman–Crippen MR) is 87.3 cm³/mol. The molecular weight excluding hydrogens is 342 g/mol. The minimum atomic E-state index is -1.19. The standard InChI is InChI=1S/C17H21N3O6/c1-9(20-14(22)11-5-3-4-6-12(11)15(20)23)16(24)26-10(2)13(21)19-8-7-18-17(19)25/h3-4,9-12H,5-8H2,1-2H3,(H,18,25)/t9-,10-,11-,12-/m0/s1. The van der Waals surface area contributed by atoms with Crippen molar-refractivity contribution in [2.24, 2.45) is 11.8 Å². The fourth-order valence-electron chi connectivity index (χ4n) is 3.54. The van der Waals surface area contributed by atoms with E-state index in [1.54, 1.807) is 0 Å². The van der Waals surface area contributed by atoms with Gasteiger partial charge in [-0.15, -0.1) is 0 Å². The van der Waals surface area contributed by atoms with Crippen molar-refractivity contribution in [3.8, 4) is 0 Å². The highest BCUT2D eigenvalue weighted by molar-refractivity contribution is 6.08. The first-order valence-corrected chi connectivity index (χ1v) is 8.64. The summed E-state index contributed by atoms with van der Waals surface area (Å²) in [6.07, 6.45) is 3.49. The lowest BCUT2D eigenvalue weighted by molar-refractivity contribution is -0.165. The summed E-state index contributed by atoms with van der Waals surface area (Å²) in [7, 11) is 0. The van der Waals surface area contributed by atoms with Gasteiger partial charge in [0.1, 0.15) is 6.04 Å². The number of fused-ring (bicyclic) bond motifs is 1. The minimum Gasteiger partial charge on any atom is -0.451 e. The molecule has 3 aliphatic rings. The number of amides is 5. The molecule has 5 amide bonds. The van der Waals surface area contributed by atoms with Gasteiger partial charge in [-0.1, -0.05) is 12.2 Å². The molecule has 2 heterocycles. The van der Waals surface area contributed by atoms with Crippen LogP contribution in [0.2, 0.25) is 0 Å². The van der Waals surface area contributed by atoms with Gasteiger partial charge in [-0.05, 0) is 26.7 Å². The summed E-state index contributed by atoms with van der Waals surface area (Å²) < 4.78 is 5.13. The van der Waals surface area contributed by atoms with Crippen LogP contribution in [0, 0.1) is 11.8 Å². The van der Waals surface area contributed by atoms with Gasteiger partial charge >= 0.3 is 12.0 Å². The first kappa shape index (κ1) is 18.1. The van der Waals surface area contributed by atoms with Gasteiger partial charge in [-0.2, -0.15) is 0 Å². The third-order valence-corrected chi connectivity index (χ3v) is 5.03. The van der Waals surface area contributed by atoms with Crippen molar-refractivity contribution in [3.05, 3.63) is 12.2 Å². The Bertz CT molecular complexity index is 677. The van der Waals surface area contributed by atoms with Crippen LogP contribution in [0.5, 0.6) is 0 Å².